The summed E-state index contributed by atoms with van der Waals surface area (Å²) in [7, 11) is 0. The van der Waals surface area contributed by atoms with E-state index in [2.05, 4.69) is 10.4 Å². The quantitative estimate of drug-likeness (QED) is 0.494. The maximum atomic E-state index is 14.3. The van der Waals surface area contributed by atoms with Crippen LogP contribution in [0.1, 0.15) is 59.6 Å². The fraction of sp³-hybridized carbons (Fsp3) is 0.407. The highest BCUT2D eigenvalue weighted by Gasteiger charge is 2.51. The van der Waals surface area contributed by atoms with E-state index in [0.29, 0.717) is 16.8 Å². The van der Waals surface area contributed by atoms with Gasteiger partial charge in [-0.3, -0.25) is 19.1 Å². The van der Waals surface area contributed by atoms with Crippen molar-refractivity contribution in [2.45, 2.75) is 63.2 Å². The van der Waals surface area contributed by atoms with Crippen LogP contribution in [-0.4, -0.2) is 44.5 Å². The normalized spacial score (nSPS) is 22.5. The number of aromatic nitrogens is 2. The van der Waals surface area contributed by atoms with Gasteiger partial charge in [0.2, 0.25) is 11.8 Å². The Labute approximate surface area is 217 Å². The summed E-state index contributed by atoms with van der Waals surface area (Å²) >= 11 is 5.86. The molecular formula is C27H27ClFN5O3. The largest absolute Gasteiger partial charge is 0.364 e. The molecule has 6 rings (SSSR count). The Balaban J connectivity index is 1.24. The molecule has 3 fully saturated rings. The zero-order valence-corrected chi connectivity index (χ0v) is 20.9. The Morgan fingerprint density at radius 3 is 2.70 bits per heavy atom. The number of fused-ring (bicyclic) bond motifs is 3. The highest BCUT2D eigenvalue weighted by molar-refractivity contribution is 6.30. The van der Waals surface area contributed by atoms with Gasteiger partial charge in [0.25, 0.3) is 5.91 Å². The summed E-state index contributed by atoms with van der Waals surface area (Å²) in [5.41, 5.74) is 7.83. The second-order valence-electron chi connectivity index (χ2n) is 10.3. The number of rotatable bonds is 7. The molecule has 3 N–H and O–H groups in total. The molecule has 2 bridgehead atoms. The zero-order valence-electron chi connectivity index (χ0n) is 20.1. The summed E-state index contributed by atoms with van der Waals surface area (Å²) in [4.78, 5) is 40.6. The Bertz CT molecular complexity index is 1430. The lowest BCUT2D eigenvalue weighted by atomic mass is 9.97. The van der Waals surface area contributed by atoms with Crippen LogP contribution in [0.2, 0.25) is 5.02 Å². The number of nitrogens with two attached hydrogens (primary N) is 1. The van der Waals surface area contributed by atoms with E-state index < -0.39 is 17.8 Å². The number of hydrogen-bond donors (Lipinski definition) is 2. The number of primary amides is 1. The van der Waals surface area contributed by atoms with Gasteiger partial charge < -0.3 is 16.0 Å². The van der Waals surface area contributed by atoms with Crippen LogP contribution in [-0.2, 0) is 22.7 Å². The number of amides is 3. The molecule has 192 valence electrons. The van der Waals surface area contributed by atoms with Crippen molar-refractivity contribution in [2.75, 3.05) is 0 Å². The Morgan fingerprint density at radius 1 is 1.14 bits per heavy atom. The molecule has 3 amide bonds. The molecule has 1 aliphatic heterocycles. The molecule has 1 aromatic heterocycles. The molecule has 2 saturated carbocycles. The topological polar surface area (TPSA) is 110 Å². The first-order chi connectivity index (χ1) is 17.8. The van der Waals surface area contributed by atoms with E-state index in [-0.39, 0.29) is 53.1 Å². The van der Waals surface area contributed by atoms with Crippen molar-refractivity contribution >= 4 is 40.2 Å². The molecule has 2 heterocycles. The monoisotopic (exact) mass is 523 g/mol. The van der Waals surface area contributed by atoms with Crippen molar-refractivity contribution in [3.05, 3.63) is 64.1 Å². The molecule has 1 saturated heterocycles. The average molecular weight is 524 g/mol. The molecule has 3 aromatic rings. The SMILES string of the molecule is NC(=O)c1nn(CC(=O)N2[C@@H]3CC[C@@H](C3)[C@H]2C(=O)NCc2cccc(Cl)c2F)c2cc(C3CC3)ccc12. The first-order valence-corrected chi connectivity index (χ1v) is 13.0. The van der Waals surface area contributed by atoms with E-state index in [4.69, 9.17) is 17.3 Å². The fourth-order valence-corrected chi connectivity index (χ4v) is 6.22. The van der Waals surface area contributed by atoms with Gasteiger partial charge in [0.15, 0.2) is 5.69 Å². The minimum atomic E-state index is -0.652. The molecule has 10 heteroatoms. The number of piperidine rings is 1. The minimum absolute atomic E-state index is 0.00454. The van der Waals surface area contributed by atoms with Crippen LogP contribution in [0.25, 0.3) is 10.9 Å². The molecular weight excluding hydrogens is 497 g/mol. The summed E-state index contributed by atoms with van der Waals surface area (Å²) in [6, 6.07) is 9.81. The zero-order chi connectivity index (χ0) is 25.8. The van der Waals surface area contributed by atoms with E-state index >= 15 is 0 Å². The summed E-state index contributed by atoms with van der Waals surface area (Å²) < 4.78 is 15.8. The molecule has 0 unspecified atom stereocenters. The van der Waals surface area contributed by atoms with Gasteiger partial charge in [0.1, 0.15) is 18.4 Å². The van der Waals surface area contributed by atoms with Gasteiger partial charge in [-0.15, -0.1) is 0 Å². The third-order valence-corrected chi connectivity index (χ3v) is 8.26. The van der Waals surface area contributed by atoms with Crippen molar-refractivity contribution < 1.29 is 18.8 Å². The Morgan fingerprint density at radius 2 is 1.95 bits per heavy atom. The van der Waals surface area contributed by atoms with Gasteiger partial charge in [0, 0.05) is 23.5 Å². The van der Waals surface area contributed by atoms with Crippen molar-refractivity contribution in [2.24, 2.45) is 11.7 Å². The lowest BCUT2D eigenvalue weighted by Gasteiger charge is -2.34. The molecule has 3 atom stereocenters. The first kappa shape index (κ1) is 23.9. The van der Waals surface area contributed by atoms with E-state index in [0.717, 1.165) is 37.7 Å². The molecule has 8 nitrogen and oxygen atoms in total. The molecule has 2 aromatic carbocycles. The third-order valence-electron chi connectivity index (χ3n) is 7.97. The number of likely N-dealkylation sites (tertiary alicyclic amines) is 1. The van der Waals surface area contributed by atoms with Gasteiger partial charge in [-0.1, -0.05) is 35.9 Å². The van der Waals surface area contributed by atoms with Crippen LogP contribution in [0.5, 0.6) is 0 Å². The minimum Gasteiger partial charge on any atom is -0.364 e. The standard InChI is InChI=1S/C27H27ClFN5O3/c28-20-3-1-2-17(23(20)29)12-31-27(37)25-16-6-8-18(10-16)34(25)22(35)13-33-21-11-15(14-4-5-14)7-9-19(21)24(32-33)26(30)36/h1-3,7,9,11,14,16,18,25H,4-6,8,10,12-13H2,(H2,30,36)(H,31,37)/t16-,18+,25-/m0/s1. The fourth-order valence-electron chi connectivity index (χ4n) is 6.03. The predicted molar refractivity (Wildman–Crippen MR) is 135 cm³/mol. The number of benzene rings is 2. The van der Waals surface area contributed by atoms with Crippen LogP contribution in [0, 0.1) is 11.7 Å². The highest BCUT2D eigenvalue weighted by Crippen LogP contribution is 2.43. The van der Waals surface area contributed by atoms with Crippen LogP contribution in [0.4, 0.5) is 4.39 Å². The van der Waals surface area contributed by atoms with Crippen LogP contribution >= 0.6 is 11.6 Å². The first-order valence-electron chi connectivity index (χ1n) is 12.6. The van der Waals surface area contributed by atoms with Crippen LogP contribution < -0.4 is 11.1 Å². The van der Waals surface area contributed by atoms with Crippen molar-refractivity contribution in [1.29, 1.82) is 0 Å². The number of nitrogens with one attached hydrogen (secondary N) is 1. The van der Waals surface area contributed by atoms with Gasteiger partial charge in [-0.25, -0.2) is 4.39 Å². The number of halogens is 2. The maximum absolute atomic E-state index is 14.3. The van der Waals surface area contributed by atoms with Crippen LogP contribution in [0.15, 0.2) is 36.4 Å². The second-order valence-corrected chi connectivity index (χ2v) is 10.7. The molecule has 0 radical (unpaired) electrons. The third kappa shape index (κ3) is 4.25. The number of carbonyl (C=O) groups excluding carboxylic acids is 3. The molecule has 37 heavy (non-hydrogen) atoms. The van der Waals surface area contributed by atoms with E-state index in [1.165, 1.54) is 10.7 Å². The van der Waals surface area contributed by atoms with Gasteiger partial charge in [-0.05, 0) is 61.6 Å². The van der Waals surface area contributed by atoms with E-state index in [1.54, 1.807) is 17.0 Å². The van der Waals surface area contributed by atoms with Gasteiger partial charge >= 0.3 is 0 Å². The maximum Gasteiger partial charge on any atom is 0.269 e. The van der Waals surface area contributed by atoms with E-state index in [1.807, 2.05) is 18.2 Å². The molecule has 3 aliphatic rings. The second kappa shape index (κ2) is 9.13. The van der Waals surface area contributed by atoms with Crippen LogP contribution in [0.3, 0.4) is 0 Å². The smallest absolute Gasteiger partial charge is 0.269 e. The van der Waals surface area contributed by atoms with Gasteiger partial charge in [0.05, 0.1) is 10.5 Å². The number of hydrogen-bond acceptors (Lipinski definition) is 4. The molecule has 0 spiro atoms. The lowest BCUT2D eigenvalue weighted by molar-refractivity contribution is -0.143. The van der Waals surface area contributed by atoms with Gasteiger partial charge in [-0.2, -0.15) is 5.10 Å². The van der Waals surface area contributed by atoms with E-state index in [9.17, 15) is 18.8 Å². The summed E-state index contributed by atoms with van der Waals surface area (Å²) in [5.74, 6) is -1.21. The van der Waals surface area contributed by atoms with Crippen molar-refractivity contribution in [3.63, 3.8) is 0 Å². The average Bonchev–Trinajstić information content (AvgIpc) is 3.37. The van der Waals surface area contributed by atoms with Crippen molar-refractivity contribution in [1.82, 2.24) is 20.0 Å². The highest BCUT2D eigenvalue weighted by atomic mass is 35.5. The summed E-state index contributed by atoms with van der Waals surface area (Å²) in [5, 5.41) is 7.80. The summed E-state index contributed by atoms with van der Waals surface area (Å²) in [6.07, 6.45) is 4.69. The lowest BCUT2D eigenvalue weighted by Crippen LogP contribution is -2.53. The Hall–Kier alpha value is -3.46. The van der Waals surface area contributed by atoms with Crippen molar-refractivity contribution in [3.8, 4) is 0 Å². The number of carbonyl (C=O) groups is 3. The number of nitrogens with zero attached hydrogens (tertiary/aromatic N) is 3. The molecule has 2 aliphatic carbocycles. The predicted octanol–water partition coefficient (Wildman–Crippen LogP) is 3.50. The Kier molecular flexibility index (Phi) is 5.90. The summed E-state index contributed by atoms with van der Waals surface area (Å²) in [6.45, 7) is -0.120.